The number of benzene rings is 1. The lowest BCUT2D eigenvalue weighted by molar-refractivity contribution is -0.131. The molecule has 8 heteroatoms. The fraction of sp³-hybridized carbons (Fsp3) is 0.471. The zero-order valence-electron chi connectivity index (χ0n) is 13.9. The lowest BCUT2D eigenvalue weighted by Crippen LogP contribution is -2.52. The maximum atomic E-state index is 13.1. The van der Waals surface area contributed by atoms with E-state index in [1.165, 1.54) is 6.92 Å². The summed E-state index contributed by atoms with van der Waals surface area (Å²) in [7, 11) is 0. The van der Waals surface area contributed by atoms with E-state index >= 15 is 0 Å². The maximum absolute atomic E-state index is 13.1. The molecular formula is C17H21F2N3O3. The van der Waals surface area contributed by atoms with Crippen LogP contribution in [0.15, 0.2) is 18.2 Å². The van der Waals surface area contributed by atoms with Crippen molar-refractivity contribution in [3.63, 3.8) is 0 Å². The molecule has 3 N–H and O–H groups in total. The highest BCUT2D eigenvalue weighted by Crippen LogP contribution is 2.09. The van der Waals surface area contributed by atoms with E-state index in [1.54, 1.807) is 0 Å². The van der Waals surface area contributed by atoms with Crippen LogP contribution in [0.2, 0.25) is 0 Å². The number of nitrogens with one attached hydrogen (secondary N) is 3. The van der Waals surface area contributed by atoms with Crippen LogP contribution in [0.25, 0.3) is 0 Å². The molecule has 2 rings (SSSR count). The van der Waals surface area contributed by atoms with Crippen molar-refractivity contribution < 1.29 is 23.2 Å². The molecule has 2 unspecified atom stereocenters. The molecule has 0 aliphatic carbocycles. The summed E-state index contributed by atoms with van der Waals surface area (Å²) in [4.78, 5) is 35.9. The van der Waals surface area contributed by atoms with Crippen molar-refractivity contribution in [1.82, 2.24) is 16.0 Å². The van der Waals surface area contributed by atoms with Crippen molar-refractivity contribution >= 4 is 17.7 Å². The molecule has 1 saturated heterocycles. The number of hydrogen-bond donors (Lipinski definition) is 3. The Kier molecular flexibility index (Phi) is 6.44. The Morgan fingerprint density at radius 2 is 1.92 bits per heavy atom. The van der Waals surface area contributed by atoms with Crippen molar-refractivity contribution in [1.29, 1.82) is 0 Å². The molecule has 1 aliphatic rings. The van der Waals surface area contributed by atoms with Crippen molar-refractivity contribution in [3.8, 4) is 0 Å². The first kappa shape index (κ1) is 18.8. The van der Waals surface area contributed by atoms with Crippen LogP contribution < -0.4 is 16.0 Å². The fourth-order valence-electron chi connectivity index (χ4n) is 2.63. The largest absolute Gasteiger partial charge is 0.354 e. The zero-order valence-corrected chi connectivity index (χ0v) is 13.9. The van der Waals surface area contributed by atoms with Gasteiger partial charge in [0, 0.05) is 12.6 Å². The highest BCUT2D eigenvalue weighted by Gasteiger charge is 2.25. The van der Waals surface area contributed by atoms with E-state index in [-0.39, 0.29) is 17.9 Å². The van der Waals surface area contributed by atoms with E-state index in [2.05, 4.69) is 16.0 Å². The van der Waals surface area contributed by atoms with Crippen LogP contribution in [0.1, 0.15) is 31.7 Å². The summed E-state index contributed by atoms with van der Waals surface area (Å²) in [5.41, 5.74) is 0.172. The molecule has 1 aliphatic heterocycles. The van der Waals surface area contributed by atoms with Gasteiger partial charge < -0.3 is 16.0 Å². The molecule has 6 nitrogen and oxygen atoms in total. The first-order chi connectivity index (χ1) is 11.8. The number of carbonyl (C=O) groups is 3. The minimum Gasteiger partial charge on any atom is -0.354 e. The minimum absolute atomic E-state index is 0.172. The van der Waals surface area contributed by atoms with Gasteiger partial charge in [0.05, 0.1) is 6.42 Å². The monoisotopic (exact) mass is 353 g/mol. The summed E-state index contributed by atoms with van der Waals surface area (Å²) < 4.78 is 26.3. The number of hydrogen-bond acceptors (Lipinski definition) is 3. The zero-order chi connectivity index (χ0) is 18.4. The third kappa shape index (κ3) is 5.81. The van der Waals surface area contributed by atoms with Crippen molar-refractivity contribution in [2.45, 2.75) is 44.7 Å². The summed E-state index contributed by atoms with van der Waals surface area (Å²) in [6.45, 7) is 2.07. The Morgan fingerprint density at radius 1 is 1.24 bits per heavy atom. The van der Waals surface area contributed by atoms with Crippen molar-refractivity contribution in [2.24, 2.45) is 0 Å². The quantitative estimate of drug-likeness (QED) is 0.732. The Balaban J connectivity index is 1.87. The molecule has 0 bridgehead atoms. The van der Waals surface area contributed by atoms with Crippen molar-refractivity contribution in [2.75, 3.05) is 6.54 Å². The van der Waals surface area contributed by atoms with Gasteiger partial charge in [0.15, 0.2) is 0 Å². The molecule has 0 aromatic heterocycles. The van der Waals surface area contributed by atoms with E-state index in [0.717, 1.165) is 31.0 Å². The molecule has 3 amide bonds. The molecule has 0 radical (unpaired) electrons. The minimum atomic E-state index is -0.873. The second-order valence-electron chi connectivity index (χ2n) is 6.09. The summed E-state index contributed by atoms with van der Waals surface area (Å²) in [5, 5.41) is 7.78. The molecule has 136 valence electrons. The fourth-order valence-corrected chi connectivity index (χ4v) is 2.63. The number of amides is 3. The lowest BCUT2D eigenvalue weighted by atomic mass is 10.1. The topological polar surface area (TPSA) is 87.3 Å². The van der Waals surface area contributed by atoms with Crippen LogP contribution >= 0.6 is 0 Å². The van der Waals surface area contributed by atoms with Gasteiger partial charge in [-0.1, -0.05) is 0 Å². The van der Waals surface area contributed by atoms with Gasteiger partial charge in [0.25, 0.3) is 0 Å². The van der Waals surface area contributed by atoms with Gasteiger partial charge in [-0.2, -0.15) is 0 Å². The van der Waals surface area contributed by atoms with Crippen LogP contribution in [-0.2, 0) is 20.8 Å². The van der Waals surface area contributed by atoms with Crippen LogP contribution in [0, 0.1) is 11.6 Å². The second-order valence-corrected chi connectivity index (χ2v) is 6.09. The Bertz CT molecular complexity index is 646. The summed E-state index contributed by atoms with van der Waals surface area (Å²) in [5.74, 6) is -2.81. The molecule has 1 fully saturated rings. The smallest absolute Gasteiger partial charge is 0.242 e. The molecule has 2 atom stereocenters. The van der Waals surface area contributed by atoms with Gasteiger partial charge in [0.1, 0.15) is 23.7 Å². The molecule has 1 aromatic carbocycles. The molecular weight excluding hydrogens is 332 g/mol. The molecule has 0 spiro atoms. The average Bonchev–Trinajstić information content (AvgIpc) is 2.71. The highest BCUT2D eigenvalue weighted by atomic mass is 19.1. The lowest BCUT2D eigenvalue weighted by Gasteiger charge is -2.19. The van der Waals surface area contributed by atoms with E-state index < -0.39 is 35.5 Å². The average molecular weight is 353 g/mol. The van der Waals surface area contributed by atoms with E-state index in [0.29, 0.717) is 13.0 Å². The first-order valence-corrected chi connectivity index (χ1v) is 8.17. The Labute approximate surface area is 144 Å². The van der Waals surface area contributed by atoms with Crippen LogP contribution in [-0.4, -0.2) is 36.3 Å². The summed E-state index contributed by atoms with van der Waals surface area (Å²) >= 11 is 0. The summed E-state index contributed by atoms with van der Waals surface area (Å²) in [6.07, 6.45) is 1.96. The third-order valence-corrected chi connectivity index (χ3v) is 3.91. The van der Waals surface area contributed by atoms with Gasteiger partial charge in [-0.05, 0) is 43.9 Å². The van der Waals surface area contributed by atoms with Crippen LogP contribution in [0.5, 0.6) is 0 Å². The van der Waals surface area contributed by atoms with Crippen LogP contribution in [0.4, 0.5) is 8.78 Å². The second kappa shape index (κ2) is 8.55. The first-order valence-electron chi connectivity index (χ1n) is 8.17. The molecule has 25 heavy (non-hydrogen) atoms. The third-order valence-electron chi connectivity index (χ3n) is 3.91. The maximum Gasteiger partial charge on any atom is 0.242 e. The Hall–Kier alpha value is -2.51. The van der Waals surface area contributed by atoms with Gasteiger partial charge in [0.2, 0.25) is 17.7 Å². The predicted octanol–water partition coefficient (Wildman–Crippen LogP) is 0.797. The number of halogens is 2. The van der Waals surface area contributed by atoms with Crippen LogP contribution in [0.3, 0.4) is 0 Å². The number of rotatable bonds is 5. The SMILES string of the molecule is CC(NC(=O)Cc1cc(F)cc(F)c1)C(=O)NC1CCCCNC1=O. The molecule has 0 saturated carbocycles. The standard InChI is InChI=1S/C17H21F2N3O3/c1-10(16(24)22-14-4-2-3-5-20-17(14)25)21-15(23)8-11-6-12(18)9-13(19)7-11/h6-7,9-10,14H,2-5,8H2,1H3,(H,20,25)(H,21,23)(H,22,24). The predicted molar refractivity (Wildman–Crippen MR) is 86.5 cm³/mol. The highest BCUT2D eigenvalue weighted by molar-refractivity contribution is 5.92. The number of carbonyl (C=O) groups excluding carboxylic acids is 3. The van der Waals surface area contributed by atoms with Crippen molar-refractivity contribution in [3.05, 3.63) is 35.4 Å². The van der Waals surface area contributed by atoms with Gasteiger partial charge in [-0.15, -0.1) is 0 Å². The van der Waals surface area contributed by atoms with E-state index in [9.17, 15) is 23.2 Å². The molecule has 1 aromatic rings. The van der Waals surface area contributed by atoms with E-state index in [4.69, 9.17) is 0 Å². The van der Waals surface area contributed by atoms with Gasteiger partial charge in [-0.3, -0.25) is 14.4 Å². The van der Waals surface area contributed by atoms with Gasteiger partial charge >= 0.3 is 0 Å². The summed E-state index contributed by atoms with van der Waals surface area (Å²) in [6, 6.07) is 1.34. The molecule has 1 heterocycles. The van der Waals surface area contributed by atoms with E-state index in [1.807, 2.05) is 0 Å². The normalized spacial score (nSPS) is 18.7. The Morgan fingerprint density at radius 3 is 2.60 bits per heavy atom. The van der Waals surface area contributed by atoms with Gasteiger partial charge in [-0.25, -0.2) is 8.78 Å².